The first-order valence-electron chi connectivity index (χ1n) is 14.5. The summed E-state index contributed by atoms with van der Waals surface area (Å²) in [5.74, 6) is 0.138. The van der Waals surface area contributed by atoms with E-state index in [4.69, 9.17) is 9.47 Å². The molecule has 5 fully saturated rings. The van der Waals surface area contributed by atoms with Crippen molar-refractivity contribution in [1.29, 1.82) is 0 Å². The number of Topliss-reactive ketones (excluding diaryl/α,β-unsaturated/α-hetero) is 1. The first-order valence-corrected chi connectivity index (χ1v) is 14.5. The van der Waals surface area contributed by atoms with E-state index in [-0.39, 0.29) is 17.4 Å². The molecule has 3 heterocycles. The van der Waals surface area contributed by atoms with Crippen molar-refractivity contribution < 1.29 is 29.6 Å². The summed E-state index contributed by atoms with van der Waals surface area (Å²) in [4.78, 5) is 13.4. The van der Waals surface area contributed by atoms with Gasteiger partial charge in [-0.3, -0.25) is 4.79 Å². The number of carbonyl (C=O) groups excluding carboxylic acids is 1. The third-order valence-electron chi connectivity index (χ3n) is 11.7. The van der Waals surface area contributed by atoms with Gasteiger partial charge in [0.05, 0.1) is 17.8 Å². The van der Waals surface area contributed by atoms with Gasteiger partial charge in [-0.1, -0.05) is 27.7 Å². The second-order valence-electron chi connectivity index (χ2n) is 14.5. The average Bonchev–Trinajstić information content (AvgIpc) is 2.77. The van der Waals surface area contributed by atoms with Gasteiger partial charge in [0.15, 0.2) is 5.79 Å². The molecule has 6 nitrogen and oxygen atoms in total. The van der Waals surface area contributed by atoms with Crippen molar-refractivity contribution in [3.8, 4) is 0 Å². The zero-order valence-electron chi connectivity index (χ0n) is 24.0. The SMILES string of the molecule is C[C@H]1CCC(=O)[C@@](C)(CCC(O)C(C)(C)O)C1CC[C@]1(C)[C@@H](C)CC[C@@H]2OC3(O)CCC21OC3(C)C. The maximum Gasteiger partial charge on any atom is 0.195 e. The fraction of sp³-hybridized carbons (Fsp3) is 0.967. The zero-order chi connectivity index (χ0) is 26.9. The number of hydrogen-bond donors (Lipinski definition) is 3. The van der Waals surface area contributed by atoms with Crippen molar-refractivity contribution in [2.75, 3.05) is 0 Å². The van der Waals surface area contributed by atoms with Gasteiger partial charge in [-0.2, -0.15) is 0 Å². The number of fused-ring (bicyclic) bond motifs is 2. The first-order chi connectivity index (χ1) is 16.4. The molecule has 0 aromatic heterocycles. The van der Waals surface area contributed by atoms with Gasteiger partial charge < -0.3 is 24.8 Å². The van der Waals surface area contributed by atoms with Crippen molar-refractivity contribution in [3.05, 3.63) is 0 Å². The minimum Gasteiger partial charge on any atom is -0.390 e. The smallest absolute Gasteiger partial charge is 0.195 e. The van der Waals surface area contributed by atoms with Crippen LogP contribution < -0.4 is 0 Å². The fourth-order valence-electron chi connectivity index (χ4n) is 8.51. The van der Waals surface area contributed by atoms with E-state index >= 15 is 0 Å². The van der Waals surface area contributed by atoms with Crippen LogP contribution in [-0.4, -0.2) is 55.9 Å². The number of aliphatic hydroxyl groups is 3. The van der Waals surface area contributed by atoms with Crippen LogP contribution >= 0.6 is 0 Å². The van der Waals surface area contributed by atoms with Crippen LogP contribution in [0.5, 0.6) is 0 Å². The van der Waals surface area contributed by atoms with Crippen LogP contribution in [0.25, 0.3) is 0 Å². The third-order valence-corrected chi connectivity index (χ3v) is 11.7. The molecule has 2 saturated carbocycles. The topological polar surface area (TPSA) is 96.2 Å². The lowest BCUT2D eigenvalue weighted by atomic mass is 9.50. The van der Waals surface area contributed by atoms with Crippen LogP contribution in [0.2, 0.25) is 0 Å². The molecule has 36 heavy (non-hydrogen) atoms. The van der Waals surface area contributed by atoms with Crippen molar-refractivity contribution in [2.24, 2.45) is 28.6 Å². The lowest BCUT2D eigenvalue weighted by Crippen LogP contribution is -2.78. The molecule has 0 aromatic rings. The summed E-state index contributed by atoms with van der Waals surface area (Å²) in [6.07, 6.45) is 6.73. The summed E-state index contributed by atoms with van der Waals surface area (Å²) in [6.45, 7) is 16.2. The Balaban J connectivity index is 1.59. The van der Waals surface area contributed by atoms with E-state index in [1.54, 1.807) is 13.8 Å². The van der Waals surface area contributed by atoms with Crippen LogP contribution in [0.4, 0.5) is 0 Å². The largest absolute Gasteiger partial charge is 0.390 e. The highest BCUT2D eigenvalue weighted by Gasteiger charge is 2.72. The van der Waals surface area contributed by atoms with E-state index < -0.39 is 34.1 Å². The summed E-state index contributed by atoms with van der Waals surface area (Å²) in [5, 5.41) is 32.0. The summed E-state index contributed by atoms with van der Waals surface area (Å²) in [6, 6.07) is 0. The van der Waals surface area contributed by atoms with Crippen LogP contribution in [0.3, 0.4) is 0 Å². The fourth-order valence-corrected chi connectivity index (χ4v) is 8.51. The number of hydrogen-bond acceptors (Lipinski definition) is 6. The molecule has 6 heteroatoms. The van der Waals surface area contributed by atoms with Gasteiger partial charge >= 0.3 is 0 Å². The predicted molar refractivity (Wildman–Crippen MR) is 139 cm³/mol. The molecule has 5 rings (SSSR count). The second kappa shape index (κ2) is 9.01. The van der Waals surface area contributed by atoms with Gasteiger partial charge in [-0.25, -0.2) is 0 Å². The van der Waals surface area contributed by atoms with Crippen molar-refractivity contribution >= 4 is 5.78 Å². The molecule has 9 atom stereocenters. The van der Waals surface area contributed by atoms with Crippen LogP contribution in [-0.2, 0) is 14.3 Å². The normalized spacial score (nSPS) is 47.5. The summed E-state index contributed by atoms with van der Waals surface area (Å²) >= 11 is 0. The van der Waals surface area contributed by atoms with E-state index in [2.05, 4.69) is 27.7 Å². The number of aliphatic hydroxyl groups excluding tert-OH is 1. The lowest BCUT2D eigenvalue weighted by molar-refractivity contribution is -0.468. The molecule has 3 N–H and O–H groups in total. The lowest BCUT2D eigenvalue weighted by Gasteiger charge is -2.70. The Hall–Kier alpha value is -0.530. The maximum atomic E-state index is 13.4. The molecule has 5 aliphatic rings. The van der Waals surface area contributed by atoms with E-state index in [9.17, 15) is 20.1 Å². The number of ketones is 1. The molecular weight excluding hydrogens is 456 g/mol. The van der Waals surface area contributed by atoms with Gasteiger partial charge in [0.1, 0.15) is 17.0 Å². The molecule has 208 valence electrons. The van der Waals surface area contributed by atoms with Gasteiger partial charge in [-0.05, 0) is 96.8 Å². The van der Waals surface area contributed by atoms with Crippen molar-refractivity contribution in [1.82, 2.24) is 0 Å². The summed E-state index contributed by atoms with van der Waals surface area (Å²) in [7, 11) is 0. The zero-order valence-corrected chi connectivity index (χ0v) is 24.0. The number of carbonyl (C=O) groups is 1. The Morgan fingerprint density at radius 2 is 1.72 bits per heavy atom. The Morgan fingerprint density at radius 3 is 2.33 bits per heavy atom. The highest BCUT2D eigenvalue weighted by molar-refractivity contribution is 5.85. The van der Waals surface area contributed by atoms with Gasteiger partial charge in [0, 0.05) is 23.7 Å². The van der Waals surface area contributed by atoms with E-state index in [0.29, 0.717) is 43.3 Å². The Kier molecular flexibility index (Phi) is 7.13. The van der Waals surface area contributed by atoms with Crippen molar-refractivity contribution in [3.63, 3.8) is 0 Å². The molecule has 4 unspecified atom stereocenters. The molecule has 0 aromatic carbocycles. The molecule has 0 amide bonds. The average molecular weight is 509 g/mol. The van der Waals surface area contributed by atoms with Crippen LogP contribution in [0.1, 0.15) is 120 Å². The first kappa shape index (κ1) is 28.5. The quantitative estimate of drug-likeness (QED) is 0.440. The molecule has 2 bridgehead atoms. The Morgan fingerprint density at radius 1 is 1.06 bits per heavy atom. The number of rotatable bonds is 7. The molecule has 3 saturated heterocycles. The van der Waals surface area contributed by atoms with Crippen LogP contribution in [0.15, 0.2) is 0 Å². The summed E-state index contributed by atoms with van der Waals surface area (Å²) in [5.41, 5.74) is -3.03. The molecule has 1 spiro atoms. The van der Waals surface area contributed by atoms with E-state index in [1.807, 2.05) is 13.8 Å². The molecular formula is C30H52O6. The Bertz CT molecular complexity index is 849. The maximum absolute atomic E-state index is 13.4. The van der Waals surface area contributed by atoms with Crippen LogP contribution in [0, 0.1) is 28.6 Å². The summed E-state index contributed by atoms with van der Waals surface area (Å²) < 4.78 is 13.3. The minimum absolute atomic E-state index is 0.107. The molecule has 0 radical (unpaired) electrons. The Labute approximate surface area is 218 Å². The van der Waals surface area contributed by atoms with E-state index in [0.717, 1.165) is 38.5 Å². The number of ether oxygens (including phenoxy) is 2. The van der Waals surface area contributed by atoms with Gasteiger partial charge in [0.25, 0.3) is 0 Å². The third kappa shape index (κ3) is 4.22. The van der Waals surface area contributed by atoms with Gasteiger partial charge in [-0.15, -0.1) is 0 Å². The highest BCUT2D eigenvalue weighted by atomic mass is 16.7. The standard InChI is InChI=1S/C30H52O6/c1-19-9-11-23(32)27(7,15-14-22(31)25(3,4)33)21(19)13-16-28(8)20(2)10-12-24-29(28)17-18-30(34,35-24)26(5,6)36-29/h19-22,24,31,33-34H,9-18H2,1-8H3/t19-,20-,21?,22?,24-,27-,28+,29?,30?/m0/s1. The van der Waals surface area contributed by atoms with Crippen molar-refractivity contribution in [2.45, 2.75) is 154 Å². The predicted octanol–water partition coefficient (Wildman–Crippen LogP) is 5.15. The minimum atomic E-state index is -1.23. The monoisotopic (exact) mass is 508 g/mol. The van der Waals surface area contributed by atoms with Gasteiger partial charge in [0.2, 0.25) is 0 Å². The van der Waals surface area contributed by atoms with E-state index in [1.165, 1.54) is 0 Å². The molecule has 3 aliphatic heterocycles. The highest BCUT2D eigenvalue weighted by Crippen LogP contribution is 2.65. The molecule has 2 aliphatic carbocycles. The second-order valence-corrected chi connectivity index (χ2v) is 14.5.